The zero-order valence-electron chi connectivity index (χ0n) is 16.3. The molecule has 156 valence electrons. The van der Waals surface area contributed by atoms with Crippen LogP contribution in [0.15, 0.2) is 45.8 Å². The van der Waals surface area contributed by atoms with E-state index in [0.717, 1.165) is 22.2 Å². The van der Waals surface area contributed by atoms with Crippen molar-refractivity contribution in [2.45, 2.75) is 13.8 Å². The number of nitrogens with zero attached hydrogens (tertiary/aromatic N) is 1. The molecule has 9 heteroatoms. The molecule has 2 aromatic carbocycles. The van der Waals surface area contributed by atoms with Gasteiger partial charge < -0.3 is 15.2 Å². The van der Waals surface area contributed by atoms with Gasteiger partial charge in [-0.2, -0.15) is 0 Å². The number of rotatable bonds is 6. The Morgan fingerprint density at radius 2 is 2.07 bits per heavy atom. The molecule has 0 aliphatic carbocycles. The molecule has 2 aromatic rings. The highest BCUT2D eigenvalue weighted by atomic mass is 79.9. The van der Waals surface area contributed by atoms with Crippen LogP contribution in [0.5, 0.6) is 11.5 Å². The second kappa shape index (κ2) is 9.36. The SMILES string of the molecule is CCOc1cc(/C=C2\SC(=O)N(CC(=O)Nc3cccc(C)c3)C2=O)cc(Br)c1O. The monoisotopic (exact) mass is 490 g/mol. The van der Waals surface area contributed by atoms with Crippen molar-refractivity contribution in [3.63, 3.8) is 0 Å². The lowest BCUT2D eigenvalue weighted by Gasteiger charge is -2.12. The number of thioether (sulfide) groups is 1. The Labute approximate surface area is 186 Å². The van der Waals surface area contributed by atoms with Gasteiger partial charge in [-0.25, -0.2) is 0 Å². The maximum absolute atomic E-state index is 12.7. The molecule has 0 atom stereocenters. The topological polar surface area (TPSA) is 95.9 Å². The van der Waals surface area contributed by atoms with Gasteiger partial charge in [-0.15, -0.1) is 0 Å². The van der Waals surface area contributed by atoms with Gasteiger partial charge in [0, 0.05) is 5.69 Å². The average Bonchev–Trinajstić information content (AvgIpc) is 2.93. The van der Waals surface area contributed by atoms with E-state index in [0.29, 0.717) is 22.3 Å². The minimum atomic E-state index is -0.549. The van der Waals surface area contributed by atoms with Gasteiger partial charge in [0.15, 0.2) is 11.5 Å². The number of hydrogen-bond acceptors (Lipinski definition) is 6. The third-order valence-electron chi connectivity index (χ3n) is 4.13. The van der Waals surface area contributed by atoms with Crippen molar-refractivity contribution in [2.24, 2.45) is 0 Å². The van der Waals surface area contributed by atoms with E-state index in [-0.39, 0.29) is 22.9 Å². The molecular formula is C21H19BrN2O5S. The second-order valence-electron chi connectivity index (χ2n) is 6.47. The summed E-state index contributed by atoms with van der Waals surface area (Å²) in [7, 11) is 0. The van der Waals surface area contributed by atoms with Crippen LogP contribution in [0.3, 0.4) is 0 Å². The molecule has 3 amide bonds. The fraction of sp³-hybridized carbons (Fsp3) is 0.190. The highest BCUT2D eigenvalue weighted by Gasteiger charge is 2.36. The molecular weight excluding hydrogens is 472 g/mol. The maximum atomic E-state index is 12.7. The van der Waals surface area contributed by atoms with E-state index in [1.165, 1.54) is 6.08 Å². The number of nitrogens with one attached hydrogen (secondary N) is 1. The number of ether oxygens (including phenoxy) is 1. The highest BCUT2D eigenvalue weighted by molar-refractivity contribution is 9.10. The third kappa shape index (κ3) is 5.03. The molecule has 0 saturated carbocycles. The summed E-state index contributed by atoms with van der Waals surface area (Å²) in [6.45, 7) is 3.66. The number of phenolic OH excluding ortho intramolecular Hbond substituents is 1. The van der Waals surface area contributed by atoms with Crippen LogP contribution in [0.4, 0.5) is 10.5 Å². The van der Waals surface area contributed by atoms with E-state index in [2.05, 4.69) is 21.2 Å². The fourth-order valence-electron chi connectivity index (χ4n) is 2.80. The molecule has 7 nitrogen and oxygen atoms in total. The quantitative estimate of drug-likeness (QED) is 0.577. The number of carbonyl (C=O) groups is 3. The van der Waals surface area contributed by atoms with Gasteiger partial charge in [-0.1, -0.05) is 12.1 Å². The first kappa shape index (κ1) is 21.9. The largest absolute Gasteiger partial charge is 0.503 e. The van der Waals surface area contributed by atoms with Crippen LogP contribution in [-0.4, -0.2) is 40.2 Å². The standard InChI is InChI=1S/C21H19BrN2O5S/c1-3-29-16-9-13(8-15(22)19(16)26)10-17-20(27)24(21(28)30-17)11-18(25)23-14-6-4-5-12(2)7-14/h4-10,26H,3,11H2,1-2H3,(H,23,25)/b17-10-. The molecule has 30 heavy (non-hydrogen) atoms. The van der Waals surface area contributed by atoms with E-state index >= 15 is 0 Å². The Morgan fingerprint density at radius 1 is 1.30 bits per heavy atom. The number of benzene rings is 2. The van der Waals surface area contributed by atoms with Crippen LogP contribution >= 0.6 is 27.7 Å². The zero-order chi connectivity index (χ0) is 21.8. The van der Waals surface area contributed by atoms with E-state index in [1.54, 1.807) is 37.3 Å². The third-order valence-corrected chi connectivity index (χ3v) is 5.64. The van der Waals surface area contributed by atoms with Gasteiger partial charge in [-0.05, 0) is 83.0 Å². The number of imide groups is 1. The smallest absolute Gasteiger partial charge is 0.294 e. The van der Waals surface area contributed by atoms with E-state index in [9.17, 15) is 19.5 Å². The summed E-state index contributed by atoms with van der Waals surface area (Å²) >= 11 is 4.00. The summed E-state index contributed by atoms with van der Waals surface area (Å²) in [5.74, 6) is -0.800. The van der Waals surface area contributed by atoms with Gasteiger partial charge in [0.05, 0.1) is 16.0 Å². The summed E-state index contributed by atoms with van der Waals surface area (Å²) in [5, 5.41) is 12.2. The van der Waals surface area contributed by atoms with Crippen LogP contribution in [0.25, 0.3) is 6.08 Å². The number of amides is 3. The van der Waals surface area contributed by atoms with Crippen LogP contribution in [0.2, 0.25) is 0 Å². The Kier molecular flexibility index (Phi) is 6.84. The average molecular weight is 491 g/mol. The number of hydrogen-bond donors (Lipinski definition) is 2. The van der Waals surface area contributed by atoms with E-state index < -0.39 is 17.1 Å². The normalized spacial score (nSPS) is 15.0. The molecule has 1 saturated heterocycles. The van der Waals surface area contributed by atoms with Crippen LogP contribution in [-0.2, 0) is 9.59 Å². The Balaban J connectivity index is 1.75. The summed E-state index contributed by atoms with van der Waals surface area (Å²) in [6, 6.07) is 10.4. The van der Waals surface area contributed by atoms with Crippen molar-refractivity contribution in [3.05, 3.63) is 56.9 Å². The Morgan fingerprint density at radius 3 is 2.77 bits per heavy atom. The highest BCUT2D eigenvalue weighted by Crippen LogP contribution is 2.38. The minimum absolute atomic E-state index is 0.0464. The van der Waals surface area contributed by atoms with E-state index in [4.69, 9.17) is 4.74 Å². The van der Waals surface area contributed by atoms with Gasteiger partial charge in [-0.3, -0.25) is 19.3 Å². The lowest BCUT2D eigenvalue weighted by Crippen LogP contribution is -2.36. The maximum Gasteiger partial charge on any atom is 0.294 e. The number of aryl methyl sites for hydroxylation is 1. The first-order chi connectivity index (χ1) is 14.3. The van der Waals surface area contributed by atoms with Crippen LogP contribution in [0.1, 0.15) is 18.1 Å². The zero-order valence-corrected chi connectivity index (χ0v) is 18.7. The van der Waals surface area contributed by atoms with Gasteiger partial charge in [0.25, 0.3) is 11.1 Å². The lowest BCUT2D eigenvalue weighted by molar-refractivity contribution is -0.127. The Bertz CT molecular complexity index is 1050. The first-order valence-corrected chi connectivity index (χ1v) is 10.7. The molecule has 1 heterocycles. The van der Waals surface area contributed by atoms with Crippen LogP contribution < -0.4 is 10.1 Å². The summed E-state index contributed by atoms with van der Waals surface area (Å²) in [6.07, 6.45) is 1.52. The predicted molar refractivity (Wildman–Crippen MR) is 119 cm³/mol. The lowest BCUT2D eigenvalue weighted by atomic mass is 10.2. The molecule has 1 aliphatic rings. The molecule has 0 unspecified atom stereocenters. The second-order valence-corrected chi connectivity index (χ2v) is 8.32. The van der Waals surface area contributed by atoms with Crippen molar-refractivity contribution >= 4 is 56.5 Å². The van der Waals surface area contributed by atoms with Gasteiger partial charge >= 0.3 is 0 Å². The molecule has 0 spiro atoms. The Hall–Kier alpha value is -2.78. The molecule has 0 aromatic heterocycles. The summed E-state index contributed by atoms with van der Waals surface area (Å²) < 4.78 is 5.78. The van der Waals surface area contributed by atoms with Gasteiger partial charge in [0.2, 0.25) is 5.91 Å². The molecule has 1 aliphatic heterocycles. The molecule has 0 radical (unpaired) electrons. The molecule has 2 N–H and O–H groups in total. The van der Waals surface area contributed by atoms with Gasteiger partial charge in [0.1, 0.15) is 6.54 Å². The predicted octanol–water partition coefficient (Wildman–Crippen LogP) is 4.54. The number of halogens is 1. The van der Waals surface area contributed by atoms with Crippen molar-refractivity contribution in [1.29, 1.82) is 0 Å². The number of aromatic hydroxyl groups is 1. The molecule has 1 fully saturated rings. The number of anilines is 1. The van der Waals surface area contributed by atoms with Crippen LogP contribution in [0, 0.1) is 6.92 Å². The fourth-order valence-corrected chi connectivity index (χ4v) is 4.10. The molecule has 3 rings (SSSR count). The van der Waals surface area contributed by atoms with Crippen molar-refractivity contribution in [3.8, 4) is 11.5 Å². The van der Waals surface area contributed by atoms with Crippen molar-refractivity contribution in [2.75, 3.05) is 18.5 Å². The number of carbonyl (C=O) groups excluding carboxylic acids is 3. The first-order valence-electron chi connectivity index (χ1n) is 9.05. The summed E-state index contributed by atoms with van der Waals surface area (Å²) in [4.78, 5) is 38.3. The minimum Gasteiger partial charge on any atom is -0.503 e. The summed E-state index contributed by atoms with van der Waals surface area (Å²) in [5.41, 5.74) is 2.14. The number of phenols is 1. The van der Waals surface area contributed by atoms with Crippen molar-refractivity contribution < 1.29 is 24.2 Å². The van der Waals surface area contributed by atoms with Crippen molar-refractivity contribution in [1.82, 2.24) is 4.90 Å². The van der Waals surface area contributed by atoms with E-state index in [1.807, 2.05) is 13.0 Å². The molecule has 0 bridgehead atoms.